The minimum atomic E-state index is -4.38. The fourth-order valence-electron chi connectivity index (χ4n) is 2.57. The van der Waals surface area contributed by atoms with E-state index in [-0.39, 0.29) is 11.9 Å². The van der Waals surface area contributed by atoms with Crippen LogP contribution in [0.1, 0.15) is 39.2 Å². The summed E-state index contributed by atoms with van der Waals surface area (Å²) in [5.74, 6) is 0.392. The molecule has 0 unspecified atom stereocenters. The van der Waals surface area contributed by atoms with E-state index in [1.165, 1.54) is 6.07 Å². The highest BCUT2D eigenvalue weighted by atomic mass is 19.4. The number of carbonyl (C=O) groups is 1. The number of ether oxygens (including phenoxy) is 1. The number of rotatable bonds is 3. The fraction of sp³-hybridized carbons (Fsp3) is 0.625. The molecule has 1 aliphatic rings. The molecular weight excluding hydrogens is 309 g/mol. The molecule has 0 N–H and O–H groups in total. The Morgan fingerprint density at radius 1 is 1.35 bits per heavy atom. The smallest absolute Gasteiger partial charge is 0.417 e. The largest absolute Gasteiger partial charge is 0.460 e. The summed E-state index contributed by atoms with van der Waals surface area (Å²) in [5.41, 5.74) is -1.27. The number of pyridine rings is 1. The van der Waals surface area contributed by atoms with Gasteiger partial charge in [0.05, 0.1) is 12.0 Å². The molecule has 0 amide bonds. The van der Waals surface area contributed by atoms with E-state index in [9.17, 15) is 18.0 Å². The monoisotopic (exact) mass is 330 g/mol. The van der Waals surface area contributed by atoms with Crippen molar-refractivity contribution in [2.45, 2.75) is 45.4 Å². The lowest BCUT2D eigenvalue weighted by atomic mass is 10.1. The van der Waals surface area contributed by atoms with E-state index in [4.69, 9.17) is 4.74 Å². The molecule has 2 rings (SSSR count). The van der Waals surface area contributed by atoms with Crippen molar-refractivity contribution in [3.05, 3.63) is 23.9 Å². The first-order valence-corrected chi connectivity index (χ1v) is 7.54. The van der Waals surface area contributed by atoms with Crippen LogP contribution in [0.4, 0.5) is 19.0 Å². The molecule has 1 aromatic rings. The number of hydrogen-bond acceptors (Lipinski definition) is 4. The first-order chi connectivity index (χ1) is 10.5. The molecule has 0 aromatic carbocycles. The maximum atomic E-state index is 12.5. The predicted octanol–water partition coefficient (Wildman–Crippen LogP) is 3.66. The molecule has 1 aliphatic heterocycles. The highest BCUT2D eigenvalue weighted by Gasteiger charge is 2.32. The minimum Gasteiger partial charge on any atom is -0.460 e. The van der Waals surface area contributed by atoms with Crippen LogP contribution in [0, 0.1) is 5.92 Å². The van der Waals surface area contributed by atoms with Gasteiger partial charge in [0.15, 0.2) is 0 Å². The first kappa shape index (κ1) is 17.6. The molecule has 7 heteroatoms. The molecule has 128 valence electrons. The van der Waals surface area contributed by atoms with E-state index >= 15 is 0 Å². The van der Waals surface area contributed by atoms with E-state index in [0.29, 0.717) is 25.3 Å². The third-order valence-electron chi connectivity index (χ3n) is 3.56. The van der Waals surface area contributed by atoms with E-state index in [1.807, 2.05) is 25.7 Å². The van der Waals surface area contributed by atoms with Gasteiger partial charge in [-0.3, -0.25) is 4.79 Å². The van der Waals surface area contributed by atoms with E-state index in [0.717, 1.165) is 18.7 Å². The summed E-state index contributed by atoms with van der Waals surface area (Å²) in [6.45, 7) is 6.72. The molecule has 0 aliphatic carbocycles. The molecule has 1 aromatic heterocycles. The van der Waals surface area contributed by atoms with E-state index in [1.54, 1.807) is 0 Å². The van der Waals surface area contributed by atoms with Crippen molar-refractivity contribution in [1.82, 2.24) is 4.98 Å². The van der Waals surface area contributed by atoms with Gasteiger partial charge < -0.3 is 9.64 Å². The lowest BCUT2D eigenvalue weighted by molar-refractivity contribution is -0.155. The van der Waals surface area contributed by atoms with Gasteiger partial charge in [-0.1, -0.05) is 0 Å². The zero-order valence-electron chi connectivity index (χ0n) is 13.5. The van der Waals surface area contributed by atoms with Crippen molar-refractivity contribution in [2.75, 3.05) is 18.0 Å². The molecule has 1 fully saturated rings. The normalized spacial score (nSPS) is 19.0. The molecule has 0 radical (unpaired) electrons. The number of esters is 1. The Labute approximate surface area is 133 Å². The van der Waals surface area contributed by atoms with Crippen LogP contribution in [0.15, 0.2) is 18.3 Å². The third-order valence-corrected chi connectivity index (χ3v) is 3.56. The maximum Gasteiger partial charge on any atom is 0.417 e. The third kappa shape index (κ3) is 5.11. The second kappa shape index (κ2) is 6.37. The average molecular weight is 330 g/mol. The van der Waals surface area contributed by atoms with Crippen LogP contribution in [0.3, 0.4) is 0 Å². The van der Waals surface area contributed by atoms with Crippen LogP contribution < -0.4 is 4.90 Å². The van der Waals surface area contributed by atoms with Gasteiger partial charge in [0.2, 0.25) is 0 Å². The molecule has 0 saturated carbocycles. The van der Waals surface area contributed by atoms with E-state index < -0.39 is 17.3 Å². The standard InChI is InChI=1S/C16H21F3N2O2/c1-15(2,3)23-14(22)8-11-6-7-21(10-11)13-5-4-12(9-20-13)16(17,18)19/h4-5,9,11H,6-8,10H2,1-3H3/t11-/m0/s1. The second-order valence-electron chi connectivity index (χ2n) is 6.79. The number of aromatic nitrogens is 1. The van der Waals surface area contributed by atoms with E-state index in [2.05, 4.69) is 4.98 Å². The van der Waals surface area contributed by atoms with Gasteiger partial charge in [-0.15, -0.1) is 0 Å². The average Bonchev–Trinajstić information content (AvgIpc) is 2.84. The van der Waals surface area contributed by atoms with Crippen LogP contribution >= 0.6 is 0 Å². The Kier molecular flexibility index (Phi) is 4.87. The summed E-state index contributed by atoms with van der Waals surface area (Å²) in [6, 6.07) is 2.40. The van der Waals surface area contributed by atoms with Gasteiger partial charge in [-0.2, -0.15) is 13.2 Å². The number of anilines is 1. The Morgan fingerprint density at radius 2 is 2.04 bits per heavy atom. The number of nitrogens with zero attached hydrogens (tertiary/aromatic N) is 2. The van der Waals surface area contributed by atoms with Crippen LogP contribution in [0.25, 0.3) is 0 Å². The highest BCUT2D eigenvalue weighted by Crippen LogP contribution is 2.31. The van der Waals surface area contributed by atoms with Crippen molar-refractivity contribution in [2.24, 2.45) is 5.92 Å². The Balaban J connectivity index is 1.91. The maximum absolute atomic E-state index is 12.5. The molecule has 0 spiro atoms. The zero-order valence-corrected chi connectivity index (χ0v) is 13.5. The van der Waals surface area contributed by atoms with Crippen molar-refractivity contribution >= 4 is 11.8 Å². The summed E-state index contributed by atoms with van der Waals surface area (Å²) in [4.78, 5) is 17.6. The molecular formula is C16H21F3N2O2. The number of alkyl halides is 3. The lowest BCUT2D eigenvalue weighted by Gasteiger charge is -2.21. The second-order valence-corrected chi connectivity index (χ2v) is 6.79. The van der Waals surface area contributed by atoms with Gasteiger partial charge in [0.25, 0.3) is 0 Å². The molecule has 23 heavy (non-hydrogen) atoms. The van der Waals surface area contributed by atoms with Crippen LogP contribution in [-0.4, -0.2) is 29.6 Å². The Morgan fingerprint density at radius 3 is 2.57 bits per heavy atom. The van der Waals surface area contributed by atoms with Gasteiger partial charge in [0, 0.05) is 19.3 Å². The summed E-state index contributed by atoms with van der Waals surface area (Å²) < 4.78 is 42.9. The SMILES string of the molecule is CC(C)(C)OC(=O)C[C@@H]1CCN(c2ccc(C(F)(F)F)cn2)C1. The summed E-state index contributed by atoms with van der Waals surface area (Å²) in [7, 11) is 0. The Bertz CT molecular complexity index is 550. The van der Waals surface area contributed by atoms with Gasteiger partial charge in [-0.05, 0) is 45.2 Å². The van der Waals surface area contributed by atoms with Gasteiger partial charge in [-0.25, -0.2) is 4.98 Å². The predicted molar refractivity (Wildman–Crippen MR) is 80.0 cm³/mol. The van der Waals surface area contributed by atoms with Crippen molar-refractivity contribution in [3.8, 4) is 0 Å². The van der Waals surface area contributed by atoms with Crippen LogP contribution in [-0.2, 0) is 15.7 Å². The summed E-state index contributed by atoms with van der Waals surface area (Å²) in [5, 5.41) is 0. The summed E-state index contributed by atoms with van der Waals surface area (Å²) >= 11 is 0. The number of carbonyl (C=O) groups excluding carboxylic acids is 1. The molecule has 0 bridgehead atoms. The quantitative estimate of drug-likeness (QED) is 0.793. The molecule has 1 atom stereocenters. The van der Waals surface area contributed by atoms with Crippen LogP contribution in [0.2, 0.25) is 0 Å². The molecule has 2 heterocycles. The minimum absolute atomic E-state index is 0.133. The lowest BCUT2D eigenvalue weighted by Crippen LogP contribution is -2.26. The van der Waals surface area contributed by atoms with Crippen molar-refractivity contribution < 1.29 is 22.7 Å². The highest BCUT2D eigenvalue weighted by molar-refractivity contribution is 5.70. The molecule has 1 saturated heterocycles. The van der Waals surface area contributed by atoms with Crippen LogP contribution in [0.5, 0.6) is 0 Å². The van der Waals surface area contributed by atoms with Crippen molar-refractivity contribution in [1.29, 1.82) is 0 Å². The molecule has 4 nitrogen and oxygen atoms in total. The number of hydrogen-bond donors (Lipinski definition) is 0. The zero-order chi connectivity index (χ0) is 17.3. The summed E-state index contributed by atoms with van der Waals surface area (Å²) in [6.07, 6.45) is -2.43. The fourth-order valence-corrected chi connectivity index (χ4v) is 2.57. The first-order valence-electron chi connectivity index (χ1n) is 7.54. The number of halogens is 3. The Hall–Kier alpha value is -1.79. The van der Waals surface area contributed by atoms with Gasteiger partial charge in [0.1, 0.15) is 11.4 Å². The van der Waals surface area contributed by atoms with Crippen molar-refractivity contribution in [3.63, 3.8) is 0 Å². The van der Waals surface area contributed by atoms with Gasteiger partial charge >= 0.3 is 12.1 Å². The topological polar surface area (TPSA) is 42.4 Å².